The molecule has 0 fully saturated rings. The minimum absolute atomic E-state index is 0.247. The van der Waals surface area contributed by atoms with E-state index in [4.69, 9.17) is 4.52 Å². The summed E-state index contributed by atoms with van der Waals surface area (Å²) in [7, 11) is 0. The van der Waals surface area contributed by atoms with Gasteiger partial charge >= 0.3 is 0 Å². The lowest BCUT2D eigenvalue weighted by molar-refractivity contribution is 0.102. The molecule has 0 atom stereocenters. The second kappa shape index (κ2) is 6.27. The number of carbonyl (C=O) groups excluding carboxylic acids is 1. The van der Waals surface area contributed by atoms with E-state index in [-0.39, 0.29) is 11.6 Å². The number of rotatable bonds is 4. The maximum absolute atomic E-state index is 12.3. The summed E-state index contributed by atoms with van der Waals surface area (Å²) in [6, 6.07) is 12.8. The molecule has 116 valence electrons. The highest BCUT2D eigenvalue weighted by atomic mass is 16.5. The molecule has 3 rings (SSSR count). The first-order valence-electron chi connectivity index (χ1n) is 7.02. The third kappa shape index (κ3) is 3.70. The van der Waals surface area contributed by atoms with E-state index < -0.39 is 0 Å². The topological polar surface area (TPSA) is 92.9 Å². The van der Waals surface area contributed by atoms with Gasteiger partial charge in [-0.3, -0.25) is 4.79 Å². The number of carbonyl (C=O) groups is 1. The average molecular weight is 309 g/mol. The van der Waals surface area contributed by atoms with E-state index in [2.05, 4.69) is 25.8 Å². The van der Waals surface area contributed by atoms with Crippen molar-refractivity contribution in [3.05, 3.63) is 59.7 Å². The molecule has 2 N–H and O–H groups in total. The molecule has 0 unspecified atom stereocenters. The van der Waals surface area contributed by atoms with E-state index in [9.17, 15) is 4.79 Å². The number of hydrogen-bond donors (Lipinski definition) is 2. The molecule has 7 nitrogen and oxygen atoms in total. The molecule has 0 spiro atoms. The summed E-state index contributed by atoms with van der Waals surface area (Å²) >= 11 is 0. The molecule has 0 saturated heterocycles. The second-order valence-electron chi connectivity index (χ2n) is 4.95. The zero-order valence-electron chi connectivity index (χ0n) is 12.7. The van der Waals surface area contributed by atoms with Crippen molar-refractivity contribution >= 4 is 23.2 Å². The van der Waals surface area contributed by atoms with Crippen molar-refractivity contribution in [2.45, 2.75) is 13.8 Å². The van der Waals surface area contributed by atoms with Crippen molar-refractivity contribution < 1.29 is 9.32 Å². The van der Waals surface area contributed by atoms with Crippen LogP contribution in [0.15, 0.2) is 47.0 Å². The SMILES string of the molecule is Cc1nc(Nc2ccccc2)cc(C(=O)Nc2cc(C)on2)n1. The van der Waals surface area contributed by atoms with Crippen LogP contribution in [0.25, 0.3) is 0 Å². The van der Waals surface area contributed by atoms with Crippen LogP contribution in [0.3, 0.4) is 0 Å². The number of nitrogens with zero attached hydrogens (tertiary/aromatic N) is 3. The van der Waals surface area contributed by atoms with Crippen LogP contribution in [-0.2, 0) is 0 Å². The van der Waals surface area contributed by atoms with E-state index in [1.807, 2.05) is 30.3 Å². The number of nitrogens with one attached hydrogen (secondary N) is 2. The van der Waals surface area contributed by atoms with Crippen LogP contribution in [0.2, 0.25) is 0 Å². The van der Waals surface area contributed by atoms with Crippen LogP contribution in [0.5, 0.6) is 0 Å². The maximum Gasteiger partial charge on any atom is 0.275 e. The van der Waals surface area contributed by atoms with Gasteiger partial charge in [0, 0.05) is 17.8 Å². The average Bonchev–Trinajstić information content (AvgIpc) is 2.93. The summed E-state index contributed by atoms with van der Waals surface area (Å²) in [6.07, 6.45) is 0. The van der Waals surface area contributed by atoms with E-state index in [1.165, 1.54) is 0 Å². The van der Waals surface area contributed by atoms with Crippen LogP contribution in [0, 0.1) is 13.8 Å². The largest absolute Gasteiger partial charge is 0.360 e. The van der Waals surface area contributed by atoms with Crippen molar-refractivity contribution in [1.29, 1.82) is 0 Å². The Morgan fingerprint density at radius 3 is 2.52 bits per heavy atom. The minimum Gasteiger partial charge on any atom is -0.360 e. The van der Waals surface area contributed by atoms with Gasteiger partial charge in [0.15, 0.2) is 5.82 Å². The third-order valence-corrected chi connectivity index (χ3v) is 2.99. The Labute approximate surface area is 132 Å². The summed E-state index contributed by atoms with van der Waals surface area (Å²) in [5, 5.41) is 9.51. The summed E-state index contributed by atoms with van der Waals surface area (Å²) in [5.74, 6) is 1.63. The Morgan fingerprint density at radius 2 is 1.83 bits per heavy atom. The molecule has 2 aromatic heterocycles. The van der Waals surface area contributed by atoms with Gasteiger partial charge < -0.3 is 15.2 Å². The normalized spacial score (nSPS) is 10.3. The molecule has 0 bridgehead atoms. The van der Waals surface area contributed by atoms with E-state index in [0.29, 0.717) is 23.2 Å². The minimum atomic E-state index is -0.375. The Hall–Kier alpha value is -3.22. The number of benzene rings is 1. The summed E-state index contributed by atoms with van der Waals surface area (Å²) in [6.45, 7) is 3.48. The van der Waals surface area contributed by atoms with Gasteiger partial charge in [0.05, 0.1) is 0 Å². The van der Waals surface area contributed by atoms with Gasteiger partial charge in [-0.15, -0.1) is 0 Å². The van der Waals surface area contributed by atoms with Gasteiger partial charge in [-0.05, 0) is 26.0 Å². The molecule has 0 saturated carbocycles. The van der Waals surface area contributed by atoms with Gasteiger partial charge in [-0.25, -0.2) is 9.97 Å². The molecule has 3 aromatic rings. The Kier molecular flexibility index (Phi) is 4.01. The highest BCUT2D eigenvalue weighted by molar-refractivity contribution is 6.02. The lowest BCUT2D eigenvalue weighted by atomic mass is 10.3. The Bertz CT molecular complexity index is 829. The molecular weight excluding hydrogens is 294 g/mol. The summed E-state index contributed by atoms with van der Waals surface area (Å²) in [5.41, 5.74) is 1.13. The first kappa shape index (κ1) is 14.7. The lowest BCUT2D eigenvalue weighted by Gasteiger charge is -2.08. The number of hydrogen-bond acceptors (Lipinski definition) is 6. The van der Waals surface area contributed by atoms with Crippen molar-refractivity contribution in [1.82, 2.24) is 15.1 Å². The fourth-order valence-corrected chi connectivity index (χ4v) is 2.02. The molecule has 7 heteroatoms. The summed E-state index contributed by atoms with van der Waals surface area (Å²) < 4.78 is 4.92. The molecule has 1 amide bonds. The molecule has 1 aromatic carbocycles. The number of amides is 1. The van der Waals surface area contributed by atoms with Crippen LogP contribution in [-0.4, -0.2) is 21.0 Å². The molecule has 0 aliphatic rings. The van der Waals surface area contributed by atoms with Gasteiger partial charge in [0.1, 0.15) is 23.1 Å². The summed E-state index contributed by atoms with van der Waals surface area (Å²) in [4.78, 5) is 20.7. The number of para-hydroxylation sites is 1. The smallest absolute Gasteiger partial charge is 0.275 e. The number of aromatic nitrogens is 3. The fourth-order valence-electron chi connectivity index (χ4n) is 2.02. The van der Waals surface area contributed by atoms with Crippen molar-refractivity contribution in [2.24, 2.45) is 0 Å². The monoisotopic (exact) mass is 309 g/mol. The van der Waals surface area contributed by atoms with Crippen LogP contribution in [0.1, 0.15) is 22.1 Å². The third-order valence-electron chi connectivity index (χ3n) is 2.99. The maximum atomic E-state index is 12.3. The molecule has 23 heavy (non-hydrogen) atoms. The fraction of sp³-hybridized carbons (Fsp3) is 0.125. The van der Waals surface area contributed by atoms with Crippen LogP contribution < -0.4 is 10.6 Å². The van der Waals surface area contributed by atoms with E-state index >= 15 is 0 Å². The first-order valence-corrected chi connectivity index (χ1v) is 7.02. The standard InChI is InChI=1S/C16H15N5O2/c1-10-8-15(21-23-10)20-16(22)13-9-14(18-11(2)17-13)19-12-6-4-3-5-7-12/h3-9H,1-2H3,(H,17,18,19)(H,20,21,22). The first-order chi connectivity index (χ1) is 11.1. The predicted octanol–water partition coefficient (Wildman–Crippen LogP) is 3.08. The van der Waals surface area contributed by atoms with Crippen LogP contribution in [0.4, 0.5) is 17.3 Å². The van der Waals surface area contributed by atoms with Gasteiger partial charge in [0.2, 0.25) is 0 Å². The zero-order valence-corrected chi connectivity index (χ0v) is 12.7. The molecule has 0 radical (unpaired) electrons. The number of anilines is 3. The van der Waals surface area contributed by atoms with Gasteiger partial charge in [-0.1, -0.05) is 23.4 Å². The highest BCUT2D eigenvalue weighted by Crippen LogP contribution is 2.16. The molecule has 2 heterocycles. The van der Waals surface area contributed by atoms with Crippen molar-refractivity contribution in [3.63, 3.8) is 0 Å². The van der Waals surface area contributed by atoms with E-state index in [0.717, 1.165) is 5.69 Å². The Balaban J connectivity index is 1.80. The Morgan fingerprint density at radius 1 is 1.04 bits per heavy atom. The van der Waals surface area contributed by atoms with Crippen molar-refractivity contribution in [3.8, 4) is 0 Å². The van der Waals surface area contributed by atoms with E-state index in [1.54, 1.807) is 26.0 Å². The van der Waals surface area contributed by atoms with Crippen LogP contribution >= 0.6 is 0 Å². The molecular formula is C16H15N5O2. The highest BCUT2D eigenvalue weighted by Gasteiger charge is 2.13. The number of aryl methyl sites for hydroxylation is 2. The second-order valence-corrected chi connectivity index (χ2v) is 4.95. The van der Waals surface area contributed by atoms with Crippen molar-refractivity contribution in [2.75, 3.05) is 10.6 Å². The van der Waals surface area contributed by atoms with Gasteiger partial charge in [0.25, 0.3) is 5.91 Å². The molecule has 0 aliphatic heterocycles. The van der Waals surface area contributed by atoms with Gasteiger partial charge in [-0.2, -0.15) is 0 Å². The quantitative estimate of drug-likeness (QED) is 0.769. The predicted molar refractivity (Wildman–Crippen MR) is 85.7 cm³/mol. The molecule has 0 aliphatic carbocycles. The zero-order chi connectivity index (χ0) is 16.2. The lowest BCUT2D eigenvalue weighted by Crippen LogP contribution is -2.15.